The lowest BCUT2D eigenvalue weighted by Crippen LogP contribution is -2.43. The van der Waals surface area contributed by atoms with E-state index < -0.39 is 0 Å². The summed E-state index contributed by atoms with van der Waals surface area (Å²) in [5.74, 6) is -0.00514. The zero-order chi connectivity index (χ0) is 19.7. The highest BCUT2D eigenvalue weighted by atomic mass is 16.5. The Morgan fingerprint density at radius 2 is 2.11 bits per heavy atom. The molecule has 0 radical (unpaired) electrons. The van der Waals surface area contributed by atoms with Gasteiger partial charge in [0.2, 0.25) is 0 Å². The Hall–Kier alpha value is -2.97. The number of aromatic hydroxyl groups is 1. The number of nitrogens with zero attached hydrogens (tertiary/aromatic N) is 2. The molecule has 1 fully saturated rings. The number of methoxy groups -OCH3 is 1. The smallest absolute Gasteiger partial charge is 0.252 e. The van der Waals surface area contributed by atoms with Crippen LogP contribution in [0.25, 0.3) is 22.3 Å². The zero-order valence-corrected chi connectivity index (χ0v) is 15.8. The number of phenols is 1. The van der Waals surface area contributed by atoms with Crippen LogP contribution in [0.3, 0.4) is 0 Å². The van der Waals surface area contributed by atoms with Crippen LogP contribution in [-0.4, -0.2) is 58.5 Å². The summed E-state index contributed by atoms with van der Waals surface area (Å²) < 4.78 is 5.45. The summed E-state index contributed by atoms with van der Waals surface area (Å²) >= 11 is 0. The largest absolute Gasteiger partial charge is 0.508 e. The first-order chi connectivity index (χ1) is 13.6. The van der Waals surface area contributed by atoms with Crippen molar-refractivity contribution in [2.24, 2.45) is 0 Å². The highest BCUT2D eigenvalue weighted by molar-refractivity contribution is 6.07. The van der Waals surface area contributed by atoms with Gasteiger partial charge < -0.3 is 20.5 Å². The molecule has 8 nitrogen and oxygen atoms in total. The van der Waals surface area contributed by atoms with Crippen LogP contribution >= 0.6 is 0 Å². The number of aryl methyl sites for hydroxylation is 1. The van der Waals surface area contributed by atoms with Crippen molar-refractivity contribution in [3.05, 3.63) is 41.6 Å². The number of nitrogens with one attached hydrogen (secondary N) is 3. The number of H-pyrrole nitrogens is 1. The second-order valence-electron chi connectivity index (χ2n) is 6.87. The topological polar surface area (TPSA) is 112 Å². The summed E-state index contributed by atoms with van der Waals surface area (Å²) in [4.78, 5) is 17.8. The molecular weight excluding hydrogens is 358 g/mol. The molecule has 8 heteroatoms. The third-order valence-electron chi connectivity index (χ3n) is 5.14. The fourth-order valence-electron chi connectivity index (χ4n) is 3.59. The van der Waals surface area contributed by atoms with E-state index in [1.54, 1.807) is 37.4 Å². The fourth-order valence-corrected chi connectivity index (χ4v) is 3.59. The predicted octanol–water partition coefficient (Wildman–Crippen LogP) is 1.61. The molecule has 2 unspecified atom stereocenters. The molecule has 0 aliphatic carbocycles. The molecule has 0 bridgehead atoms. The van der Waals surface area contributed by atoms with Crippen LogP contribution in [-0.2, 0) is 11.2 Å². The Labute approximate surface area is 162 Å². The number of hydrogen-bond donors (Lipinski definition) is 4. The molecular formula is C20H23N5O3. The number of hydrogen-bond acceptors (Lipinski definition) is 6. The summed E-state index contributed by atoms with van der Waals surface area (Å²) in [6, 6.07) is 8.39. The summed E-state index contributed by atoms with van der Waals surface area (Å²) in [6.07, 6.45) is 0.649. The van der Waals surface area contributed by atoms with E-state index in [-0.39, 0.29) is 23.8 Å². The van der Waals surface area contributed by atoms with Gasteiger partial charge in [-0.15, -0.1) is 0 Å². The molecule has 1 aliphatic rings. The SMILES string of the molecule is CCc1[nH]nc2nc(-c3ccc(O)cc3)cc(C(=O)NC3CNCC3OC)c12. The van der Waals surface area contributed by atoms with E-state index in [9.17, 15) is 9.90 Å². The summed E-state index contributed by atoms with van der Waals surface area (Å²) in [5, 5.41) is 23.9. The molecule has 4 rings (SSSR count). The monoisotopic (exact) mass is 381 g/mol. The Balaban J connectivity index is 1.77. The molecule has 3 aromatic rings. The second kappa shape index (κ2) is 7.57. The number of ether oxygens (including phenoxy) is 1. The third kappa shape index (κ3) is 3.32. The maximum atomic E-state index is 13.2. The maximum absolute atomic E-state index is 13.2. The van der Waals surface area contributed by atoms with E-state index >= 15 is 0 Å². The molecule has 1 aromatic carbocycles. The number of aromatic amines is 1. The molecule has 1 saturated heterocycles. The van der Waals surface area contributed by atoms with Crippen molar-refractivity contribution in [3.63, 3.8) is 0 Å². The summed E-state index contributed by atoms with van der Waals surface area (Å²) in [5.41, 5.74) is 3.32. The van der Waals surface area contributed by atoms with E-state index in [2.05, 4.69) is 25.8 Å². The molecule has 1 amide bonds. The highest BCUT2D eigenvalue weighted by Gasteiger charge is 2.29. The van der Waals surface area contributed by atoms with Gasteiger partial charge in [-0.25, -0.2) is 4.98 Å². The lowest BCUT2D eigenvalue weighted by atomic mass is 10.0. The van der Waals surface area contributed by atoms with Gasteiger partial charge in [-0.05, 0) is 36.8 Å². The summed E-state index contributed by atoms with van der Waals surface area (Å²) in [6.45, 7) is 3.37. The standard InChI is InChI=1S/C20H23N5O3/c1-3-14-18-13(20(27)23-16-9-21-10-17(16)28-2)8-15(22-19(18)25-24-14)11-4-6-12(26)7-5-11/h4-8,16-17,21,26H,3,9-10H2,1-2H3,(H,23,27)(H,22,24,25). The normalized spacial score (nSPS) is 19.2. The second-order valence-corrected chi connectivity index (χ2v) is 6.87. The van der Waals surface area contributed by atoms with Gasteiger partial charge in [0, 0.05) is 31.5 Å². The average Bonchev–Trinajstić information content (AvgIpc) is 3.33. The Kier molecular flexibility index (Phi) is 4.97. The van der Waals surface area contributed by atoms with E-state index in [1.165, 1.54) is 0 Å². The van der Waals surface area contributed by atoms with E-state index in [0.717, 1.165) is 16.6 Å². The molecule has 1 aliphatic heterocycles. The molecule has 3 heterocycles. The number of carbonyl (C=O) groups excluding carboxylic acids is 1. The van der Waals surface area contributed by atoms with Crippen molar-refractivity contribution in [2.45, 2.75) is 25.5 Å². The van der Waals surface area contributed by atoms with Gasteiger partial charge in [-0.3, -0.25) is 9.89 Å². The number of pyridine rings is 1. The molecule has 0 spiro atoms. The first-order valence-electron chi connectivity index (χ1n) is 9.32. The third-order valence-corrected chi connectivity index (χ3v) is 5.14. The van der Waals surface area contributed by atoms with Gasteiger partial charge in [-0.1, -0.05) is 6.92 Å². The van der Waals surface area contributed by atoms with Crippen LogP contribution in [0.15, 0.2) is 30.3 Å². The number of fused-ring (bicyclic) bond motifs is 1. The Bertz CT molecular complexity index is 999. The molecule has 2 aromatic heterocycles. The minimum atomic E-state index is -0.181. The molecule has 146 valence electrons. The molecule has 28 heavy (non-hydrogen) atoms. The summed E-state index contributed by atoms with van der Waals surface area (Å²) in [7, 11) is 1.65. The van der Waals surface area contributed by atoms with Crippen molar-refractivity contribution in [1.29, 1.82) is 0 Å². The van der Waals surface area contributed by atoms with E-state index in [4.69, 9.17) is 4.74 Å². The number of aromatic nitrogens is 3. The van der Waals surface area contributed by atoms with E-state index in [1.807, 2.05) is 6.92 Å². The minimum absolute atomic E-state index is 0.0622. The number of benzene rings is 1. The van der Waals surface area contributed by atoms with Crippen LogP contribution in [0.4, 0.5) is 0 Å². The highest BCUT2D eigenvalue weighted by Crippen LogP contribution is 2.27. The van der Waals surface area contributed by atoms with Gasteiger partial charge in [0.05, 0.1) is 28.8 Å². The van der Waals surface area contributed by atoms with Gasteiger partial charge in [0.25, 0.3) is 5.91 Å². The first-order valence-corrected chi connectivity index (χ1v) is 9.32. The quantitative estimate of drug-likeness (QED) is 0.534. The van der Waals surface area contributed by atoms with Crippen molar-refractivity contribution >= 4 is 16.9 Å². The number of amides is 1. The van der Waals surface area contributed by atoms with Crippen molar-refractivity contribution in [1.82, 2.24) is 25.8 Å². The first kappa shape index (κ1) is 18.4. The molecule has 0 saturated carbocycles. The van der Waals surface area contributed by atoms with Crippen LogP contribution in [0.2, 0.25) is 0 Å². The van der Waals surface area contributed by atoms with Gasteiger partial charge in [0.15, 0.2) is 5.65 Å². The lowest BCUT2D eigenvalue weighted by Gasteiger charge is -2.19. The van der Waals surface area contributed by atoms with Gasteiger partial charge in [0.1, 0.15) is 5.75 Å². The predicted molar refractivity (Wildman–Crippen MR) is 105 cm³/mol. The van der Waals surface area contributed by atoms with Gasteiger partial charge >= 0.3 is 0 Å². The van der Waals surface area contributed by atoms with Crippen LogP contribution in [0.5, 0.6) is 5.75 Å². The fraction of sp³-hybridized carbons (Fsp3) is 0.350. The van der Waals surface area contributed by atoms with Crippen molar-refractivity contribution < 1.29 is 14.6 Å². The van der Waals surface area contributed by atoms with Crippen molar-refractivity contribution in [2.75, 3.05) is 20.2 Å². The van der Waals surface area contributed by atoms with Crippen molar-refractivity contribution in [3.8, 4) is 17.0 Å². The number of phenolic OH excluding ortho intramolecular Hbond substituents is 1. The number of rotatable bonds is 5. The Morgan fingerprint density at radius 1 is 1.32 bits per heavy atom. The Morgan fingerprint density at radius 3 is 2.82 bits per heavy atom. The van der Waals surface area contributed by atoms with E-state index in [0.29, 0.717) is 36.4 Å². The van der Waals surface area contributed by atoms with Crippen LogP contribution in [0.1, 0.15) is 23.0 Å². The average molecular weight is 381 g/mol. The minimum Gasteiger partial charge on any atom is -0.508 e. The van der Waals surface area contributed by atoms with Crippen LogP contribution in [0, 0.1) is 0 Å². The molecule has 2 atom stereocenters. The number of carbonyl (C=O) groups is 1. The van der Waals surface area contributed by atoms with Gasteiger partial charge in [-0.2, -0.15) is 5.10 Å². The molecule has 4 N–H and O–H groups in total. The lowest BCUT2D eigenvalue weighted by molar-refractivity contribution is 0.0781. The zero-order valence-electron chi connectivity index (χ0n) is 15.8. The van der Waals surface area contributed by atoms with Crippen LogP contribution < -0.4 is 10.6 Å². The maximum Gasteiger partial charge on any atom is 0.252 e.